The number of halogens is 1. The lowest BCUT2D eigenvalue weighted by atomic mass is 10.1. The van der Waals surface area contributed by atoms with Crippen LogP contribution in [0.25, 0.3) is 10.9 Å². The van der Waals surface area contributed by atoms with E-state index in [1.165, 1.54) is 12.1 Å². The van der Waals surface area contributed by atoms with Crippen molar-refractivity contribution in [1.29, 1.82) is 0 Å². The maximum absolute atomic E-state index is 10.9. The van der Waals surface area contributed by atoms with Crippen LogP contribution < -0.4 is 17.7 Å². The molecule has 0 spiro atoms. The molecule has 0 atom stereocenters. The first-order chi connectivity index (χ1) is 10.5. The van der Waals surface area contributed by atoms with Crippen molar-refractivity contribution < 1.29 is 17.3 Å². The van der Waals surface area contributed by atoms with E-state index in [1.54, 1.807) is 6.07 Å². The Morgan fingerprint density at radius 1 is 1.09 bits per heavy atom. The van der Waals surface area contributed by atoms with E-state index < -0.39 is 4.92 Å². The van der Waals surface area contributed by atoms with Crippen molar-refractivity contribution in [3.05, 3.63) is 69.9 Å². The van der Waals surface area contributed by atoms with Gasteiger partial charge in [0.05, 0.1) is 10.4 Å². The predicted octanol–water partition coefficient (Wildman–Crippen LogP) is 1.51. The summed E-state index contributed by atoms with van der Waals surface area (Å²) >= 11 is 0. The van der Waals surface area contributed by atoms with Gasteiger partial charge in [0.25, 0.3) is 5.69 Å². The molecule has 0 saturated heterocycles. The summed E-state index contributed by atoms with van der Waals surface area (Å²) in [6.45, 7) is 3.95. The summed E-state index contributed by atoms with van der Waals surface area (Å²) in [6, 6.07) is 14.4. The molecule has 1 aromatic heterocycles. The number of aryl methyl sites for hydroxylation is 2. The number of benzene rings is 2. The monoisotopic (exact) mass is 328 g/mol. The Balaban J connectivity index is 0.00000192. The van der Waals surface area contributed by atoms with Gasteiger partial charge in [-0.15, -0.1) is 0 Å². The third kappa shape index (κ3) is 3.40. The quantitative estimate of drug-likeness (QED) is 0.584. The molecule has 6 heteroatoms. The lowest BCUT2D eigenvalue weighted by Gasteiger charge is -2.12. The fraction of sp³-hybridized carbons (Fsp3) is 0.118. The van der Waals surface area contributed by atoms with Gasteiger partial charge in [-0.3, -0.25) is 15.1 Å². The van der Waals surface area contributed by atoms with E-state index in [0.29, 0.717) is 5.69 Å². The van der Waals surface area contributed by atoms with Crippen molar-refractivity contribution in [3.63, 3.8) is 0 Å². The minimum absolute atomic E-state index is 0. The van der Waals surface area contributed by atoms with Crippen molar-refractivity contribution in [2.24, 2.45) is 0 Å². The molecule has 23 heavy (non-hydrogen) atoms. The molecular weight excluding hydrogens is 314 g/mol. The molecule has 118 valence electrons. The highest BCUT2D eigenvalue weighted by Crippen LogP contribution is 2.29. The Bertz CT molecular complexity index is 881. The molecular formula is C17H15ClN3O2-. The average Bonchev–Trinajstić information content (AvgIpc) is 2.48. The van der Waals surface area contributed by atoms with E-state index in [1.807, 2.05) is 44.2 Å². The normalized spacial score (nSPS) is 10.2. The minimum atomic E-state index is -0.398. The van der Waals surface area contributed by atoms with Gasteiger partial charge < -0.3 is 17.7 Å². The minimum Gasteiger partial charge on any atom is -1.00 e. The van der Waals surface area contributed by atoms with Gasteiger partial charge >= 0.3 is 0 Å². The molecule has 1 heterocycles. The van der Waals surface area contributed by atoms with Gasteiger partial charge in [0.1, 0.15) is 0 Å². The largest absolute Gasteiger partial charge is 1.00 e. The van der Waals surface area contributed by atoms with Crippen LogP contribution in [0.4, 0.5) is 17.1 Å². The first-order valence-corrected chi connectivity index (χ1v) is 6.93. The summed E-state index contributed by atoms with van der Waals surface area (Å²) in [6.07, 6.45) is 0. The van der Waals surface area contributed by atoms with E-state index in [0.717, 1.165) is 27.8 Å². The number of non-ortho nitro benzene ring substituents is 1. The van der Waals surface area contributed by atoms with Crippen LogP contribution in [0.2, 0.25) is 0 Å². The molecule has 0 saturated carbocycles. The molecule has 0 radical (unpaired) electrons. The molecule has 0 aliphatic heterocycles. The lowest BCUT2D eigenvalue weighted by molar-refractivity contribution is -0.384. The molecule has 3 rings (SSSR count). The molecule has 5 nitrogen and oxygen atoms in total. The average molecular weight is 329 g/mol. The Labute approximate surface area is 139 Å². The van der Waals surface area contributed by atoms with Crippen molar-refractivity contribution >= 4 is 28.0 Å². The number of nitrogens with zero attached hydrogens (tertiary/aromatic N) is 2. The predicted molar refractivity (Wildman–Crippen MR) is 87.6 cm³/mol. The topological polar surface area (TPSA) is 68.1 Å². The van der Waals surface area contributed by atoms with Crippen LogP contribution >= 0.6 is 0 Å². The number of nitro groups is 1. The number of pyridine rings is 1. The van der Waals surface area contributed by atoms with Crippen molar-refractivity contribution in [2.45, 2.75) is 13.8 Å². The molecule has 0 aliphatic rings. The van der Waals surface area contributed by atoms with Gasteiger partial charge in [0.2, 0.25) is 0 Å². The van der Waals surface area contributed by atoms with Crippen LogP contribution in [-0.2, 0) is 0 Å². The first kappa shape index (κ1) is 16.7. The van der Waals surface area contributed by atoms with E-state index in [-0.39, 0.29) is 18.1 Å². The zero-order valence-electron chi connectivity index (χ0n) is 12.7. The Kier molecular flexibility index (Phi) is 4.81. The molecule has 2 aromatic carbocycles. The van der Waals surface area contributed by atoms with Gasteiger partial charge in [0.15, 0.2) is 0 Å². The first-order valence-electron chi connectivity index (χ1n) is 6.93. The SMILES string of the molecule is Cc1cc(Nc2cccc([N+](=O)[O-])c2)c2cccc(C)c2n1.[Cl-]. The second kappa shape index (κ2) is 6.62. The van der Waals surface area contributed by atoms with Crippen LogP contribution in [0, 0.1) is 24.0 Å². The summed E-state index contributed by atoms with van der Waals surface area (Å²) in [4.78, 5) is 15.1. The van der Waals surface area contributed by atoms with Gasteiger partial charge in [0, 0.05) is 34.6 Å². The highest BCUT2D eigenvalue weighted by Gasteiger charge is 2.09. The van der Waals surface area contributed by atoms with Crippen LogP contribution in [0.5, 0.6) is 0 Å². The molecule has 0 amide bonds. The maximum atomic E-state index is 10.9. The smallest absolute Gasteiger partial charge is 0.271 e. The molecule has 1 N–H and O–H groups in total. The number of aromatic nitrogens is 1. The second-order valence-electron chi connectivity index (χ2n) is 5.21. The third-order valence-electron chi connectivity index (χ3n) is 3.51. The zero-order chi connectivity index (χ0) is 15.7. The van der Waals surface area contributed by atoms with Crippen molar-refractivity contribution in [2.75, 3.05) is 5.32 Å². The molecule has 0 unspecified atom stereocenters. The Hall–Kier alpha value is -2.66. The van der Waals surface area contributed by atoms with Gasteiger partial charge in [-0.2, -0.15) is 0 Å². The number of rotatable bonds is 3. The van der Waals surface area contributed by atoms with Crippen LogP contribution in [0.3, 0.4) is 0 Å². The number of anilines is 2. The molecule has 0 aliphatic carbocycles. The zero-order valence-corrected chi connectivity index (χ0v) is 13.5. The number of hydrogen-bond donors (Lipinski definition) is 1. The number of nitrogens with one attached hydrogen (secondary N) is 1. The van der Waals surface area contributed by atoms with Gasteiger partial charge in [-0.25, -0.2) is 0 Å². The third-order valence-corrected chi connectivity index (χ3v) is 3.51. The lowest BCUT2D eigenvalue weighted by Crippen LogP contribution is -3.00. The Morgan fingerprint density at radius 3 is 2.57 bits per heavy atom. The summed E-state index contributed by atoms with van der Waals surface area (Å²) in [7, 11) is 0. The summed E-state index contributed by atoms with van der Waals surface area (Å²) in [5.74, 6) is 0. The van der Waals surface area contributed by atoms with Crippen molar-refractivity contribution in [1.82, 2.24) is 4.98 Å². The fourth-order valence-electron chi connectivity index (χ4n) is 2.48. The van der Waals surface area contributed by atoms with Crippen LogP contribution in [0.15, 0.2) is 48.5 Å². The number of para-hydroxylation sites is 1. The number of nitro benzene ring substituents is 1. The van der Waals surface area contributed by atoms with Gasteiger partial charge in [-0.05, 0) is 31.5 Å². The summed E-state index contributed by atoms with van der Waals surface area (Å²) in [5.41, 5.74) is 4.58. The second-order valence-corrected chi connectivity index (χ2v) is 5.21. The standard InChI is InChI=1S/C17H15N3O2.ClH/c1-11-5-3-8-15-16(9-12(2)18-17(11)15)19-13-6-4-7-14(10-13)20(21)22;/h3-10H,1-2H3,(H,18,19);1H/p-1. The highest BCUT2D eigenvalue weighted by atomic mass is 35.5. The van der Waals surface area contributed by atoms with E-state index >= 15 is 0 Å². The molecule has 0 bridgehead atoms. The number of hydrogen-bond acceptors (Lipinski definition) is 4. The number of fused-ring (bicyclic) bond motifs is 1. The molecule has 0 fully saturated rings. The van der Waals surface area contributed by atoms with E-state index in [4.69, 9.17) is 0 Å². The van der Waals surface area contributed by atoms with Crippen LogP contribution in [-0.4, -0.2) is 9.91 Å². The summed E-state index contributed by atoms with van der Waals surface area (Å²) in [5, 5.41) is 15.1. The van der Waals surface area contributed by atoms with Gasteiger partial charge in [-0.1, -0.05) is 24.3 Å². The highest BCUT2D eigenvalue weighted by molar-refractivity contribution is 5.95. The maximum Gasteiger partial charge on any atom is 0.271 e. The Morgan fingerprint density at radius 2 is 1.83 bits per heavy atom. The fourth-order valence-corrected chi connectivity index (χ4v) is 2.48. The molecule has 3 aromatic rings. The van der Waals surface area contributed by atoms with E-state index in [9.17, 15) is 10.1 Å². The summed E-state index contributed by atoms with van der Waals surface area (Å²) < 4.78 is 0. The van der Waals surface area contributed by atoms with E-state index in [2.05, 4.69) is 10.3 Å². The van der Waals surface area contributed by atoms with Crippen molar-refractivity contribution in [3.8, 4) is 0 Å². The van der Waals surface area contributed by atoms with Crippen LogP contribution in [0.1, 0.15) is 11.3 Å².